The van der Waals surface area contributed by atoms with E-state index in [4.69, 9.17) is 4.74 Å². The number of nitrogens with one attached hydrogen (secondary N) is 2. The van der Waals surface area contributed by atoms with Crippen molar-refractivity contribution < 1.29 is 56.5 Å². The number of aromatic nitrogens is 2. The number of rotatable bonds is 8. The number of ketones is 1. The van der Waals surface area contributed by atoms with E-state index in [0.29, 0.717) is 24.8 Å². The van der Waals surface area contributed by atoms with E-state index in [2.05, 4.69) is 55.1 Å². The minimum absolute atomic E-state index is 0.0283. The number of alkyl halides is 3. The molecule has 0 bridgehead atoms. The second kappa shape index (κ2) is 15.1. The molecule has 354 valence electrons. The topological polar surface area (TPSA) is 183 Å². The van der Waals surface area contributed by atoms with Gasteiger partial charge in [0.25, 0.3) is 5.91 Å². The number of ether oxygens (including phenoxy) is 2. The zero-order valence-electron chi connectivity index (χ0n) is 39.4. The van der Waals surface area contributed by atoms with Gasteiger partial charge in [0.15, 0.2) is 11.5 Å². The van der Waals surface area contributed by atoms with Crippen LogP contribution in [0.4, 0.5) is 18.0 Å². The van der Waals surface area contributed by atoms with Crippen LogP contribution in [0, 0.1) is 62.6 Å². The average Bonchev–Trinajstić information content (AvgIpc) is 3.75. The first-order valence-electron chi connectivity index (χ1n) is 23.0. The molecule has 64 heavy (non-hydrogen) atoms. The summed E-state index contributed by atoms with van der Waals surface area (Å²) in [4.78, 5) is 80.1. The maximum absolute atomic E-state index is 14.5. The first kappa shape index (κ1) is 47.7. The molecule has 5 fully saturated rings. The van der Waals surface area contributed by atoms with Crippen LogP contribution in [0.2, 0.25) is 0 Å². The van der Waals surface area contributed by atoms with Crippen LogP contribution in [0.5, 0.6) is 0 Å². The summed E-state index contributed by atoms with van der Waals surface area (Å²) < 4.78 is 52.0. The Morgan fingerprint density at radius 2 is 1.53 bits per heavy atom. The molecule has 0 aliphatic heterocycles. The predicted octanol–water partition coefficient (Wildman–Crippen LogP) is 8.53. The molecule has 5 saturated carbocycles. The molecule has 1 aromatic heterocycles. The van der Waals surface area contributed by atoms with E-state index in [-0.39, 0.29) is 74.8 Å². The Balaban J connectivity index is 1.13. The van der Waals surface area contributed by atoms with E-state index in [1.165, 1.54) is 13.8 Å². The minimum Gasteiger partial charge on any atom is -0.481 e. The van der Waals surface area contributed by atoms with Crippen molar-refractivity contribution >= 4 is 35.6 Å². The number of carboxylic acids is 1. The molecule has 6 aliphatic carbocycles. The highest BCUT2D eigenvalue weighted by Crippen LogP contribution is 2.76. The monoisotopic (exact) mass is 900 g/mol. The van der Waals surface area contributed by atoms with E-state index >= 15 is 0 Å². The number of hydrogen-bond donors (Lipinski definition) is 3. The molecule has 1 heterocycles. The van der Waals surface area contributed by atoms with Crippen molar-refractivity contribution in [1.82, 2.24) is 20.4 Å². The fourth-order valence-electron chi connectivity index (χ4n) is 14.6. The molecule has 13 nitrogen and oxygen atoms in total. The molecule has 2 amide bonds. The highest BCUT2D eigenvalue weighted by atomic mass is 19.4. The third-order valence-electron chi connectivity index (χ3n) is 18.4. The zero-order valence-corrected chi connectivity index (χ0v) is 39.4. The molecular weight excluding hydrogens is 834 g/mol. The molecule has 3 N–H and O–H groups in total. The second-order valence-electron chi connectivity index (χ2n) is 22.9. The molecule has 0 radical (unpaired) electrons. The molecule has 10 atom stereocenters. The normalized spacial score (nSPS) is 36.4. The van der Waals surface area contributed by atoms with Gasteiger partial charge in [-0.05, 0) is 128 Å². The fraction of sp³-hybridized carbons (Fsp3) is 0.771. The van der Waals surface area contributed by atoms with Crippen molar-refractivity contribution in [3.8, 4) is 0 Å². The van der Waals surface area contributed by atoms with E-state index in [1.807, 2.05) is 27.7 Å². The SMILES string of the molecule is COC(=O)n1nc(C(F)(F)F)cc1C(=O)NC(C)(C)C(=O)N[C@@]12CC[C@]3(C)[C@H](CC[C@@H]4[C@@]5(C)CC[C@H](OC(=O)[C@H]6C[C@@H](C(=O)O)C6(C)C)C(C)(C)[C@@H]5CC[C@]43C)C1=C(C(C)C)C(=O)C2. The number of carboxylic acid groups (broad SMARTS) is 1. The van der Waals surface area contributed by atoms with Gasteiger partial charge in [-0.3, -0.25) is 24.0 Å². The molecule has 0 unspecified atom stereocenters. The van der Waals surface area contributed by atoms with E-state index < -0.39 is 69.8 Å². The molecule has 16 heteroatoms. The van der Waals surface area contributed by atoms with Crippen molar-refractivity contribution in [2.24, 2.45) is 62.6 Å². The van der Waals surface area contributed by atoms with E-state index in [9.17, 15) is 47.0 Å². The number of carbonyl (C=O) groups excluding carboxylic acids is 5. The van der Waals surface area contributed by atoms with E-state index in [1.54, 1.807) is 0 Å². The van der Waals surface area contributed by atoms with Gasteiger partial charge in [-0.25, -0.2) is 4.79 Å². The number of esters is 1. The number of Topliss-reactive ketones (excluding diaryl/α,β-unsaturated/α-hetero) is 1. The summed E-state index contributed by atoms with van der Waals surface area (Å²) in [5.74, 6) is -3.60. The van der Waals surface area contributed by atoms with Crippen LogP contribution in [0.3, 0.4) is 0 Å². The third-order valence-corrected chi connectivity index (χ3v) is 18.4. The summed E-state index contributed by atoms with van der Waals surface area (Å²) in [5, 5.41) is 18.7. The zero-order chi connectivity index (χ0) is 47.7. The van der Waals surface area contributed by atoms with Gasteiger partial charge < -0.3 is 25.2 Å². The first-order chi connectivity index (χ1) is 29.3. The quantitative estimate of drug-likeness (QED) is 0.214. The lowest BCUT2D eigenvalue weighted by Gasteiger charge is -2.72. The lowest BCUT2D eigenvalue weighted by Crippen LogP contribution is -2.68. The van der Waals surface area contributed by atoms with Gasteiger partial charge in [0.2, 0.25) is 5.91 Å². The summed E-state index contributed by atoms with van der Waals surface area (Å²) in [6.45, 7) is 22.2. The summed E-state index contributed by atoms with van der Waals surface area (Å²) in [7, 11) is 0.938. The second-order valence-corrected chi connectivity index (χ2v) is 22.9. The van der Waals surface area contributed by atoms with Crippen molar-refractivity contribution in [2.45, 2.75) is 164 Å². The van der Waals surface area contributed by atoms with Crippen LogP contribution in [0.15, 0.2) is 17.2 Å². The highest BCUT2D eigenvalue weighted by Gasteiger charge is 2.71. The summed E-state index contributed by atoms with van der Waals surface area (Å²) in [6, 6.07) is 0.425. The largest absolute Gasteiger partial charge is 0.481 e. The van der Waals surface area contributed by atoms with Crippen LogP contribution in [0.1, 0.15) is 157 Å². The van der Waals surface area contributed by atoms with Crippen LogP contribution in [-0.2, 0) is 34.8 Å². The Morgan fingerprint density at radius 3 is 2.11 bits per heavy atom. The predicted molar refractivity (Wildman–Crippen MR) is 227 cm³/mol. The molecule has 6 aliphatic rings. The van der Waals surface area contributed by atoms with Gasteiger partial charge in [0.05, 0.1) is 24.5 Å². The summed E-state index contributed by atoms with van der Waals surface area (Å²) in [5.41, 5.74) is -4.79. The number of aliphatic carboxylic acids is 1. The number of amides is 2. The molecular formula is C48H67F3N4O9. The van der Waals surface area contributed by atoms with E-state index in [0.717, 1.165) is 56.8 Å². The number of allylic oxidation sites excluding steroid dienone is 1. The highest BCUT2D eigenvalue weighted by molar-refractivity contribution is 6.04. The van der Waals surface area contributed by atoms with Gasteiger partial charge in [0.1, 0.15) is 17.3 Å². The lowest BCUT2D eigenvalue weighted by molar-refractivity contribution is -0.235. The average molecular weight is 901 g/mol. The van der Waals surface area contributed by atoms with Crippen molar-refractivity contribution in [1.29, 1.82) is 0 Å². The van der Waals surface area contributed by atoms with Gasteiger partial charge in [0, 0.05) is 17.9 Å². The standard InChI is InChI=1S/C48H67F3N4O9/c1-24(2)34-29(56)23-47(53-39(61)43(7,8)52-36(57)28-22-32(48(49,50)51)54-55(28)40(62)63-12)20-19-45(10)25(35(34)47)13-14-31-44(9)17-16-33(42(5,6)30(44)15-18-46(31,45)11)64-38(60)27-21-26(37(58)59)41(27,3)4/h22,24-27,30-31,33H,13-21,23H2,1-12H3,(H,52,57)(H,53,61)(H,58,59)/t25-,26+,27-,30+,31-,33+,44+,45-,46-,47-/m1/s1. The van der Waals surface area contributed by atoms with Crippen LogP contribution < -0.4 is 10.6 Å². The Morgan fingerprint density at radius 1 is 0.875 bits per heavy atom. The molecule has 0 aromatic carbocycles. The Bertz CT molecular complexity index is 2210. The Hall–Kier alpha value is -4.24. The smallest absolute Gasteiger partial charge is 0.435 e. The molecule has 0 saturated heterocycles. The lowest BCUT2D eigenvalue weighted by atomic mass is 9.33. The molecule has 1 aromatic rings. The van der Waals surface area contributed by atoms with Crippen LogP contribution in [0.25, 0.3) is 0 Å². The minimum atomic E-state index is -4.97. The van der Waals surface area contributed by atoms with Crippen molar-refractivity contribution in [2.75, 3.05) is 7.11 Å². The third kappa shape index (κ3) is 6.94. The number of halogens is 3. The maximum Gasteiger partial charge on any atom is 0.435 e. The van der Waals surface area contributed by atoms with Crippen molar-refractivity contribution in [3.05, 3.63) is 28.6 Å². The van der Waals surface area contributed by atoms with Crippen LogP contribution in [-0.4, -0.2) is 74.8 Å². The van der Waals surface area contributed by atoms with Gasteiger partial charge in [-0.1, -0.05) is 62.3 Å². The Labute approximate surface area is 373 Å². The van der Waals surface area contributed by atoms with Gasteiger partial charge in [-0.15, -0.1) is 0 Å². The summed E-state index contributed by atoms with van der Waals surface area (Å²) in [6.07, 6.45) is 0.111. The number of carbonyl (C=O) groups is 6. The first-order valence-corrected chi connectivity index (χ1v) is 23.0. The number of hydrogen-bond acceptors (Lipinski definition) is 9. The fourth-order valence-corrected chi connectivity index (χ4v) is 14.6. The van der Waals surface area contributed by atoms with Gasteiger partial charge in [-0.2, -0.15) is 23.0 Å². The Kier molecular flexibility index (Phi) is 11.3. The maximum atomic E-state index is 14.5. The molecule has 0 spiro atoms. The molecule has 7 rings (SSSR count). The van der Waals surface area contributed by atoms with Crippen molar-refractivity contribution in [3.63, 3.8) is 0 Å². The number of nitrogens with zero attached hydrogens (tertiary/aromatic N) is 2. The van der Waals surface area contributed by atoms with Gasteiger partial charge >= 0.3 is 24.2 Å². The summed E-state index contributed by atoms with van der Waals surface area (Å²) >= 11 is 0. The van der Waals surface area contributed by atoms with Crippen LogP contribution >= 0.6 is 0 Å². The number of methoxy groups -OCH3 is 1. The number of fused-ring (bicyclic) bond motifs is 7.